The Balaban J connectivity index is 1.63. The molecule has 0 saturated carbocycles. The number of rotatable bonds is 9. The molecular weight excluding hydrogens is 438 g/mol. The second kappa shape index (κ2) is 10.1. The lowest BCUT2D eigenvalue weighted by atomic mass is 10.1. The number of ether oxygens (including phenoxy) is 3. The van der Waals surface area contributed by atoms with E-state index in [-0.39, 0.29) is 17.3 Å². The first-order valence-corrected chi connectivity index (χ1v) is 9.83. The molecule has 0 aliphatic heterocycles. The zero-order valence-electron chi connectivity index (χ0n) is 18.4. The van der Waals surface area contributed by atoms with E-state index < -0.39 is 19.2 Å². The average molecular weight is 460 g/mol. The first kappa shape index (κ1) is 23.7. The molecule has 0 spiro atoms. The van der Waals surface area contributed by atoms with Crippen molar-refractivity contribution in [1.29, 1.82) is 0 Å². The summed E-state index contributed by atoms with van der Waals surface area (Å²) in [5, 5.41) is 3.97. The third-order valence-electron chi connectivity index (χ3n) is 4.74. The van der Waals surface area contributed by atoms with E-state index in [9.17, 15) is 18.4 Å². The molecule has 0 bridgehead atoms. The number of nitrogens with zero attached hydrogens (tertiary/aromatic N) is 2. The fourth-order valence-corrected chi connectivity index (χ4v) is 3.26. The van der Waals surface area contributed by atoms with Crippen LogP contribution in [0.5, 0.6) is 11.5 Å². The second-order valence-corrected chi connectivity index (χ2v) is 7.07. The van der Waals surface area contributed by atoms with Gasteiger partial charge in [-0.2, -0.15) is 8.78 Å². The molecule has 0 aliphatic rings. The van der Waals surface area contributed by atoms with Gasteiger partial charge in [0.1, 0.15) is 5.76 Å². The Bertz CT molecular complexity index is 1200. The molecule has 0 amide bonds. The first-order chi connectivity index (χ1) is 15.7. The van der Waals surface area contributed by atoms with Gasteiger partial charge in [-0.1, -0.05) is 11.2 Å². The Morgan fingerprint density at radius 3 is 2.55 bits per heavy atom. The van der Waals surface area contributed by atoms with Crippen molar-refractivity contribution >= 4 is 17.8 Å². The van der Waals surface area contributed by atoms with Crippen molar-refractivity contribution < 1.29 is 37.1 Å². The molecule has 0 fully saturated rings. The Hall–Kier alpha value is -3.95. The van der Waals surface area contributed by atoms with Gasteiger partial charge in [-0.05, 0) is 50.6 Å². The molecule has 33 heavy (non-hydrogen) atoms. The van der Waals surface area contributed by atoms with Crippen molar-refractivity contribution in [3.05, 3.63) is 64.7 Å². The fraction of sp³-hybridized carbons (Fsp3) is 0.261. The third-order valence-corrected chi connectivity index (χ3v) is 4.74. The number of alkyl halides is 2. The molecule has 0 atom stereocenters. The summed E-state index contributed by atoms with van der Waals surface area (Å²) in [5.74, 6) is 0.0410. The van der Waals surface area contributed by atoms with E-state index in [1.54, 1.807) is 30.5 Å². The van der Waals surface area contributed by atoms with Crippen LogP contribution in [-0.4, -0.2) is 41.8 Å². The van der Waals surface area contributed by atoms with Crippen LogP contribution in [0.3, 0.4) is 0 Å². The molecular formula is C23H22F2N2O6. The Morgan fingerprint density at radius 2 is 1.91 bits per heavy atom. The summed E-state index contributed by atoms with van der Waals surface area (Å²) >= 11 is 0. The normalized spacial score (nSPS) is 11.2. The van der Waals surface area contributed by atoms with Gasteiger partial charge in [0.15, 0.2) is 23.9 Å². The van der Waals surface area contributed by atoms with Crippen LogP contribution in [-0.2, 0) is 9.53 Å². The maximum atomic E-state index is 12.6. The van der Waals surface area contributed by atoms with Crippen LogP contribution in [0.25, 0.3) is 11.9 Å². The molecule has 3 rings (SSSR count). The van der Waals surface area contributed by atoms with Crippen LogP contribution >= 0.6 is 0 Å². The van der Waals surface area contributed by atoms with Crippen LogP contribution in [0.15, 0.2) is 40.9 Å². The lowest BCUT2D eigenvalue weighted by Gasteiger charge is -2.10. The van der Waals surface area contributed by atoms with Gasteiger partial charge in [0.25, 0.3) is 0 Å². The van der Waals surface area contributed by atoms with Crippen LogP contribution < -0.4 is 9.47 Å². The summed E-state index contributed by atoms with van der Waals surface area (Å²) in [5.41, 5.74) is 2.33. The Labute approximate surface area is 188 Å². The van der Waals surface area contributed by atoms with Gasteiger partial charge in [-0.15, -0.1) is 0 Å². The summed E-state index contributed by atoms with van der Waals surface area (Å²) < 4.78 is 46.1. The average Bonchev–Trinajstić information content (AvgIpc) is 3.32. The number of halogens is 2. The highest BCUT2D eigenvalue weighted by atomic mass is 19.3. The van der Waals surface area contributed by atoms with Crippen molar-refractivity contribution in [2.45, 2.75) is 27.4 Å². The summed E-state index contributed by atoms with van der Waals surface area (Å²) in [6.45, 7) is 1.92. The number of ketones is 1. The Kier molecular flexibility index (Phi) is 7.27. The van der Waals surface area contributed by atoms with Crippen LogP contribution in [0.1, 0.15) is 33.1 Å². The lowest BCUT2D eigenvalue weighted by molar-refractivity contribution is -0.136. The molecule has 0 saturated heterocycles. The van der Waals surface area contributed by atoms with E-state index in [2.05, 4.69) is 9.89 Å². The molecule has 0 N–H and O–H groups in total. The van der Waals surface area contributed by atoms with Crippen molar-refractivity contribution in [1.82, 2.24) is 9.72 Å². The zero-order valence-corrected chi connectivity index (χ0v) is 18.4. The molecule has 3 aromatic rings. The van der Waals surface area contributed by atoms with Gasteiger partial charge in [0, 0.05) is 29.1 Å². The molecule has 2 heterocycles. The van der Waals surface area contributed by atoms with Gasteiger partial charge in [-0.3, -0.25) is 9.36 Å². The monoisotopic (exact) mass is 460 g/mol. The minimum absolute atomic E-state index is 0.0821. The summed E-state index contributed by atoms with van der Waals surface area (Å²) in [7, 11) is 1.31. The van der Waals surface area contributed by atoms with Gasteiger partial charge < -0.3 is 18.7 Å². The number of hydrogen-bond donors (Lipinski definition) is 0. The number of hydrogen-bond acceptors (Lipinski definition) is 7. The predicted octanol–water partition coefficient (Wildman–Crippen LogP) is 4.44. The molecule has 10 heteroatoms. The number of aromatic nitrogens is 2. The van der Waals surface area contributed by atoms with E-state index in [4.69, 9.17) is 14.0 Å². The molecule has 0 unspecified atom stereocenters. The van der Waals surface area contributed by atoms with Gasteiger partial charge >= 0.3 is 12.6 Å². The molecule has 0 aliphatic carbocycles. The van der Waals surface area contributed by atoms with Crippen LogP contribution in [0.4, 0.5) is 8.78 Å². The topological polar surface area (TPSA) is 92.8 Å². The quantitative estimate of drug-likeness (QED) is 0.265. The predicted molar refractivity (Wildman–Crippen MR) is 114 cm³/mol. The van der Waals surface area contributed by atoms with E-state index >= 15 is 0 Å². The Morgan fingerprint density at radius 1 is 1.15 bits per heavy atom. The highest BCUT2D eigenvalue weighted by Crippen LogP contribution is 2.30. The van der Waals surface area contributed by atoms with Crippen LogP contribution in [0.2, 0.25) is 0 Å². The summed E-state index contributed by atoms with van der Waals surface area (Å²) in [4.78, 5) is 24.7. The lowest BCUT2D eigenvalue weighted by Crippen LogP contribution is -2.13. The maximum absolute atomic E-state index is 12.6. The molecule has 1 aromatic carbocycles. The van der Waals surface area contributed by atoms with Crippen molar-refractivity contribution in [3.8, 4) is 17.3 Å². The minimum atomic E-state index is -2.99. The van der Waals surface area contributed by atoms with E-state index in [1.807, 2.05) is 6.92 Å². The smallest absolute Gasteiger partial charge is 0.387 e. The number of methoxy groups -OCH3 is 1. The largest absolute Gasteiger partial charge is 0.493 e. The molecule has 174 valence electrons. The SMILES string of the molecule is COc1cc(/C=C/C(=O)OCC(=O)c2cc(C)n(-c3cc(C)on3)c2C)ccc1OC(F)F. The first-order valence-electron chi connectivity index (χ1n) is 9.83. The van der Waals surface area contributed by atoms with E-state index in [0.29, 0.717) is 28.4 Å². The number of Topliss-reactive ketones (excluding diaryl/α,β-unsaturated/α-hetero) is 1. The molecule has 8 nitrogen and oxygen atoms in total. The summed E-state index contributed by atoms with van der Waals surface area (Å²) in [6.07, 6.45) is 2.53. The van der Waals surface area contributed by atoms with Crippen LogP contribution in [0, 0.1) is 20.8 Å². The van der Waals surface area contributed by atoms with Crippen molar-refractivity contribution in [2.75, 3.05) is 13.7 Å². The number of carbonyl (C=O) groups excluding carboxylic acids is 2. The standard InChI is InChI=1S/C23H22F2N2O6/c1-13-9-17(15(3)27(13)21-10-14(2)33-26-21)18(28)12-31-22(29)8-6-16-5-7-19(32-23(24)25)20(11-16)30-4/h5-11,23H,12H2,1-4H3/b8-6+. The fourth-order valence-electron chi connectivity index (χ4n) is 3.26. The second-order valence-electron chi connectivity index (χ2n) is 7.07. The van der Waals surface area contributed by atoms with E-state index in [0.717, 1.165) is 11.8 Å². The van der Waals surface area contributed by atoms with Crippen molar-refractivity contribution in [3.63, 3.8) is 0 Å². The zero-order chi connectivity index (χ0) is 24.1. The third kappa shape index (κ3) is 5.65. The van der Waals surface area contributed by atoms with Crippen molar-refractivity contribution in [2.24, 2.45) is 0 Å². The molecule has 0 radical (unpaired) electrons. The maximum Gasteiger partial charge on any atom is 0.387 e. The number of carbonyl (C=O) groups is 2. The van der Waals surface area contributed by atoms with Gasteiger partial charge in [0.05, 0.1) is 7.11 Å². The van der Waals surface area contributed by atoms with Gasteiger partial charge in [-0.25, -0.2) is 4.79 Å². The molecule has 2 aromatic heterocycles. The number of benzene rings is 1. The number of aryl methyl sites for hydroxylation is 2. The highest BCUT2D eigenvalue weighted by Gasteiger charge is 2.19. The van der Waals surface area contributed by atoms with E-state index in [1.165, 1.54) is 31.4 Å². The minimum Gasteiger partial charge on any atom is -0.493 e. The number of esters is 1. The highest BCUT2D eigenvalue weighted by molar-refractivity contribution is 6.00. The van der Waals surface area contributed by atoms with Gasteiger partial charge in [0.2, 0.25) is 5.78 Å². The summed E-state index contributed by atoms with van der Waals surface area (Å²) in [6, 6.07) is 7.63.